The Bertz CT molecular complexity index is 361. The van der Waals surface area contributed by atoms with Gasteiger partial charge in [-0.1, -0.05) is 37.6 Å². The van der Waals surface area contributed by atoms with Gasteiger partial charge in [-0.25, -0.2) is 0 Å². The van der Waals surface area contributed by atoms with Crippen molar-refractivity contribution in [3.05, 3.63) is 35.4 Å². The molecule has 1 fully saturated rings. The van der Waals surface area contributed by atoms with Crippen LogP contribution in [0.5, 0.6) is 0 Å². The lowest BCUT2D eigenvalue weighted by molar-refractivity contribution is 0.0946. The maximum absolute atomic E-state index is 5.70. The zero-order valence-corrected chi connectivity index (χ0v) is 11.2. The summed E-state index contributed by atoms with van der Waals surface area (Å²) >= 11 is 0. The minimum atomic E-state index is 0.199. The number of nitrogens with two attached hydrogens (primary N) is 1. The highest BCUT2D eigenvalue weighted by molar-refractivity contribution is 5.26. The first-order valence-electron chi connectivity index (χ1n) is 7.00. The van der Waals surface area contributed by atoms with Crippen molar-refractivity contribution < 1.29 is 4.74 Å². The molecule has 0 spiro atoms. The molecular weight excluding hydrogens is 224 g/mol. The van der Waals surface area contributed by atoms with Crippen LogP contribution in [0.2, 0.25) is 0 Å². The Morgan fingerprint density at radius 3 is 3.06 bits per heavy atom. The molecule has 0 aliphatic carbocycles. The van der Waals surface area contributed by atoms with Crippen LogP contribution in [0.25, 0.3) is 0 Å². The van der Waals surface area contributed by atoms with Crippen molar-refractivity contribution in [3.8, 4) is 0 Å². The lowest BCUT2D eigenvalue weighted by atomic mass is 9.97. The number of rotatable bonds is 6. The van der Waals surface area contributed by atoms with Crippen molar-refractivity contribution in [2.75, 3.05) is 6.61 Å². The van der Waals surface area contributed by atoms with Gasteiger partial charge in [-0.3, -0.25) is 11.3 Å². The molecule has 0 saturated carbocycles. The summed E-state index contributed by atoms with van der Waals surface area (Å²) in [6.45, 7) is 3.11. The zero-order chi connectivity index (χ0) is 12.8. The van der Waals surface area contributed by atoms with Gasteiger partial charge in [0.1, 0.15) is 0 Å². The highest BCUT2D eigenvalue weighted by Crippen LogP contribution is 2.25. The molecule has 1 aliphatic rings. The Morgan fingerprint density at radius 1 is 1.50 bits per heavy atom. The lowest BCUT2D eigenvalue weighted by Gasteiger charge is -2.20. The first-order valence-corrected chi connectivity index (χ1v) is 7.00. The van der Waals surface area contributed by atoms with E-state index in [4.69, 9.17) is 10.6 Å². The van der Waals surface area contributed by atoms with Crippen molar-refractivity contribution in [1.82, 2.24) is 5.43 Å². The molecule has 1 aliphatic heterocycles. The Morgan fingerprint density at radius 2 is 2.39 bits per heavy atom. The van der Waals surface area contributed by atoms with E-state index in [1.807, 2.05) is 0 Å². The molecule has 1 aromatic rings. The van der Waals surface area contributed by atoms with Gasteiger partial charge in [0.15, 0.2) is 0 Å². The highest BCUT2D eigenvalue weighted by atomic mass is 16.5. The molecule has 2 unspecified atom stereocenters. The van der Waals surface area contributed by atoms with E-state index in [1.165, 1.54) is 24.0 Å². The van der Waals surface area contributed by atoms with E-state index in [0.29, 0.717) is 6.10 Å². The van der Waals surface area contributed by atoms with E-state index in [2.05, 4.69) is 36.6 Å². The van der Waals surface area contributed by atoms with Crippen molar-refractivity contribution in [2.24, 2.45) is 5.84 Å². The minimum absolute atomic E-state index is 0.199. The van der Waals surface area contributed by atoms with Gasteiger partial charge < -0.3 is 4.74 Å². The van der Waals surface area contributed by atoms with E-state index >= 15 is 0 Å². The summed E-state index contributed by atoms with van der Waals surface area (Å²) in [4.78, 5) is 0. The van der Waals surface area contributed by atoms with Crippen LogP contribution in [-0.4, -0.2) is 12.7 Å². The highest BCUT2D eigenvalue weighted by Gasteiger charge is 2.21. The molecule has 0 amide bonds. The average Bonchev–Trinajstić information content (AvgIpc) is 2.89. The number of aryl methyl sites for hydroxylation is 1. The van der Waals surface area contributed by atoms with Crippen LogP contribution in [0.3, 0.4) is 0 Å². The van der Waals surface area contributed by atoms with Gasteiger partial charge >= 0.3 is 0 Å². The Labute approximate surface area is 110 Å². The molecule has 100 valence electrons. The number of hydrogen-bond acceptors (Lipinski definition) is 3. The second-order valence-corrected chi connectivity index (χ2v) is 5.09. The first kappa shape index (κ1) is 13.5. The second-order valence-electron chi connectivity index (χ2n) is 5.09. The fourth-order valence-electron chi connectivity index (χ4n) is 2.65. The minimum Gasteiger partial charge on any atom is -0.378 e. The first-order chi connectivity index (χ1) is 8.83. The third kappa shape index (κ3) is 3.55. The normalized spacial score (nSPS) is 21.1. The summed E-state index contributed by atoms with van der Waals surface area (Å²) in [6.07, 6.45) is 5.97. The molecule has 3 N–H and O–H groups in total. The Kier molecular flexibility index (Phi) is 5.17. The van der Waals surface area contributed by atoms with E-state index in [0.717, 1.165) is 25.9 Å². The summed E-state index contributed by atoms with van der Waals surface area (Å²) in [6, 6.07) is 8.93. The summed E-state index contributed by atoms with van der Waals surface area (Å²) in [7, 11) is 0. The topological polar surface area (TPSA) is 47.3 Å². The summed E-state index contributed by atoms with van der Waals surface area (Å²) in [5.41, 5.74) is 5.60. The molecule has 2 atom stereocenters. The van der Waals surface area contributed by atoms with Crippen molar-refractivity contribution >= 4 is 0 Å². The molecule has 0 radical (unpaired) electrons. The average molecular weight is 248 g/mol. The SMILES string of the molecule is CCCc1cccc(C(CC2CCCO2)NN)c1. The fourth-order valence-corrected chi connectivity index (χ4v) is 2.65. The van der Waals surface area contributed by atoms with Crippen LogP contribution in [0, 0.1) is 0 Å². The third-order valence-corrected chi connectivity index (χ3v) is 3.62. The predicted octanol–water partition coefficient (Wildman–Crippen LogP) is 2.71. The molecule has 0 aromatic heterocycles. The summed E-state index contributed by atoms with van der Waals surface area (Å²) < 4.78 is 5.69. The van der Waals surface area contributed by atoms with Crippen LogP contribution in [-0.2, 0) is 11.2 Å². The van der Waals surface area contributed by atoms with Gasteiger partial charge in [0.25, 0.3) is 0 Å². The zero-order valence-electron chi connectivity index (χ0n) is 11.2. The van der Waals surface area contributed by atoms with E-state index in [1.54, 1.807) is 0 Å². The van der Waals surface area contributed by atoms with Gasteiger partial charge in [-0.2, -0.15) is 0 Å². The van der Waals surface area contributed by atoms with Crippen LogP contribution in [0.1, 0.15) is 49.8 Å². The maximum atomic E-state index is 5.70. The van der Waals surface area contributed by atoms with Gasteiger partial charge in [0, 0.05) is 12.6 Å². The molecule has 3 heteroatoms. The third-order valence-electron chi connectivity index (χ3n) is 3.62. The molecule has 2 rings (SSSR count). The van der Waals surface area contributed by atoms with Gasteiger partial charge in [-0.15, -0.1) is 0 Å². The molecule has 1 heterocycles. The number of benzene rings is 1. The largest absolute Gasteiger partial charge is 0.378 e. The van der Waals surface area contributed by atoms with Crippen LogP contribution < -0.4 is 11.3 Å². The second kappa shape index (κ2) is 6.88. The lowest BCUT2D eigenvalue weighted by Crippen LogP contribution is -2.30. The maximum Gasteiger partial charge on any atom is 0.0594 e. The van der Waals surface area contributed by atoms with Gasteiger partial charge in [-0.05, 0) is 36.8 Å². The molecule has 1 aromatic carbocycles. The van der Waals surface area contributed by atoms with Gasteiger partial charge in [0.2, 0.25) is 0 Å². The Balaban J connectivity index is 2.03. The molecule has 18 heavy (non-hydrogen) atoms. The van der Waals surface area contributed by atoms with E-state index in [9.17, 15) is 0 Å². The van der Waals surface area contributed by atoms with Crippen LogP contribution in [0.15, 0.2) is 24.3 Å². The van der Waals surface area contributed by atoms with Gasteiger partial charge in [0.05, 0.1) is 6.10 Å². The van der Waals surface area contributed by atoms with Crippen molar-refractivity contribution in [1.29, 1.82) is 0 Å². The fraction of sp³-hybridized carbons (Fsp3) is 0.600. The monoisotopic (exact) mass is 248 g/mol. The summed E-state index contributed by atoms with van der Waals surface area (Å²) in [5, 5.41) is 0. The molecule has 1 saturated heterocycles. The summed E-state index contributed by atoms with van der Waals surface area (Å²) in [5.74, 6) is 5.70. The number of nitrogens with one attached hydrogen (secondary N) is 1. The standard InChI is InChI=1S/C15H24N2O/c1-2-5-12-6-3-7-13(10-12)15(17-16)11-14-8-4-9-18-14/h3,6-7,10,14-15,17H,2,4-5,8-9,11,16H2,1H3. The predicted molar refractivity (Wildman–Crippen MR) is 74.1 cm³/mol. The Hall–Kier alpha value is -0.900. The quantitative estimate of drug-likeness (QED) is 0.601. The number of hydrazine groups is 1. The molecule has 3 nitrogen and oxygen atoms in total. The smallest absolute Gasteiger partial charge is 0.0594 e. The van der Waals surface area contributed by atoms with E-state index < -0.39 is 0 Å². The van der Waals surface area contributed by atoms with E-state index in [-0.39, 0.29) is 6.04 Å². The van der Waals surface area contributed by atoms with Crippen LogP contribution in [0.4, 0.5) is 0 Å². The van der Waals surface area contributed by atoms with Crippen molar-refractivity contribution in [2.45, 2.75) is 51.2 Å². The molecular formula is C15H24N2O. The molecule has 0 bridgehead atoms. The number of hydrogen-bond donors (Lipinski definition) is 2. The van der Waals surface area contributed by atoms with Crippen molar-refractivity contribution in [3.63, 3.8) is 0 Å². The number of ether oxygens (including phenoxy) is 1. The van der Waals surface area contributed by atoms with Crippen LogP contribution >= 0.6 is 0 Å².